The van der Waals surface area contributed by atoms with Crippen molar-refractivity contribution >= 4 is 21.5 Å². The summed E-state index contributed by atoms with van der Waals surface area (Å²) >= 11 is 0. The molecule has 0 saturated carbocycles. The first kappa shape index (κ1) is 14.7. The molecule has 1 heteroatoms. The largest absolute Gasteiger partial charge is 0.321 e. The summed E-state index contributed by atoms with van der Waals surface area (Å²) in [6, 6.07) is 26.9. The Balaban J connectivity index is 2.00. The zero-order chi connectivity index (χ0) is 17.0. The van der Waals surface area contributed by atoms with Gasteiger partial charge in [-0.25, -0.2) is 0 Å². The molecule has 25 heavy (non-hydrogen) atoms. The Morgan fingerprint density at radius 1 is 0.560 bits per heavy atom. The highest BCUT2D eigenvalue weighted by atomic mass is 15.3. The average Bonchev–Trinajstić information content (AvgIpc) is 2.73. The first-order chi connectivity index (χ1) is 12.1. The Morgan fingerprint density at radius 2 is 1.00 bits per heavy atom. The van der Waals surface area contributed by atoms with Crippen molar-refractivity contribution in [2.75, 3.05) is 14.1 Å². The number of hydrogen-bond donors (Lipinski definition) is 0. The van der Waals surface area contributed by atoms with E-state index in [1.807, 2.05) is 0 Å². The highest BCUT2D eigenvalue weighted by Crippen LogP contribution is 2.42. The number of hydrogen-bond acceptors (Lipinski definition) is 0. The van der Waals surface area contributed by atoms with E-state index in [4.69, 9.17) is 0 Å². The third-order valence-electron chi connectivity index (χ3n) is 5.48. The Hall–Kier alpha value is -2.64. The molecule has 5 rings (SSSR count). The van der Waals surface area contributed by atoms with Gasteiger partial charge >= 0.3 is 0 Å². The lowest BCUT2D eigenvalue weighted by Gasteiger charge is -2.28. The molecule has 4 aromatic carbocycles. The van der Waals surface area contributed by atoms with Gasteiger partial charge in [0.1, 0.15) is 13.1 Å². The van der Waals surface area contributed by atoms with Gasteiger partial charge < -0.3 is 4.48 Å². The topological polar surface area (TPSA) is 0 Å². The summed E-state index contributed by atoms with van der Waals surface area (Å²) in [5.74, 6) is 0. The van der Waals surface area contributed by atoms with Gasteiger partial charge in [0.25, 0.3) is 0 Å². The maximum absolute atomic E-state index is 2.34. The van der Waals surface area contributed by atoms with Crippen molar-refractivity contribution in [2.24, 2.45) is 0 Å². The van der Waals surface area contributed by atoms with Gasteiger partial charge in [0.05, 0.1) is 14.1 Å². The molecule has 1 aliphatic heterocycles. The Bertz CT molecular complexity index is 1030. The van der Waals surface area contributed by atoms with Crippen molar-refractivity contribution in [3.05, 3.63) is 83.9 Å². The van der Waals surface area contributed by atoms with Crippen molar-refractivity contribution in [3.63, 3.8) is 0 Å². The molecule has 0 amide bonds. The summed E-state index contributed by atoms with van der Waals surface area (Å²) < 4.78 is 0.983. The lowest BCUT2D eigenvalue weighted by molar-refractivity contribution is -0.916. The molecule has 4 aromatic rings. The highest BCUT2D eigenvalue weighted by molar-refractivity contribution is 6.07. The lowest BCUT2D eigenvalue weighted by Crippen LogP contribution is -2.37. The third kappa shape index (κ3) is 2.27. The number of quaternary nitrogens is 1. The van der Waals surface area contributed by atoms with Gasteiger partial charge in [0.15, 0.2) is 0 Å². The third-order valence-corrected chi connectivity index (χ3v) is 5.48. The second-order valence-corrected chi connectivity index (χ2v) is 7.89. The van der Waals surface area contributed by atoms with Crippen LogP contribution in [0.5, 0.6) is 0 Å². The van der Waals surface area contributed by atoms with Gasteiger partial charge in [-0.1, -0.05) is 72.8 Å². The van der Waals surface area contributed by atoms with Gasteiger partial charge in [-0.3, -0.25) is 0 Å². The molecule has 1 heterocycles. The van der Waals surface area contributed by atoms with E-state index in [9.17, 15) is 0 Å². The summed E-state index contributed by atoms with van der Waals surface area (Å²) in [5, 5.41) is 5.40. The molecule has 0 fully saturated rings. The Labute approximate surface area is 148 Å². The molecule has 1 aliphatic rings. The summed E-state index contributed by atoms with van der Waals surface area (Å²) in [6.07, 6.45) is 0. The summed E-state index contributed by atoms with van der Waals surface area (Å²) in [6.45, 7) is 2.12. The molecular weight excluding hydrogens is 302 g/mol. The second-order valence-electron chi connectivity index (χ2n) is 7.89. The second kappa shape index (κ2) is 5.18. The first-order valence-electron chi connectivity index (χ1n) is 8.96. The minimum absolute atomic E-state index is 0.983. The van der Waals surface area contributed by atoms with Crippen molar-refractivity contribution in [3.8, 4) is 11.1 Å². The van der Waals surface area contributed by atoms with Crippen LogP contribution in [0.25, 0.3) is 32.7 Å². The Kier molecular flexibility index (Phi) is 3.04. The molecular formula is C24H22N+. The van der Waals surface area contributed by atoms with E-state index in [0.29, 0.717) is 0 Å². The van der Waals surface area contributed by atoms with Crippen molar-refractivity contribution in [2.45, 2.75) is 13.1 Å². The average molecular weight is 324 g/mol. The summed E-state index contributed by atoms with van der Waals surface area (Å²) in [4.78, 5) is 0. The number of fused-ring (bicyclic) bond motifs is 7. The molecule has 0 bridgehead atoms. The minimum atomic E-state index is 0.983. The molecule has 122 valence electrons. The SMILES string of the molecule is C[N+]1(C)Cc2ccc3ccccc3c2-c2c(ccc3ccccc23)C1. The maximum Gasteiger partial charge on any atom is 0.105 e. The summed E-state index contributed by atoms with van der Waals surface area (Å²) in [5.41, 5.74) is 5.79. The Morgan fingerprint density at radius 3 is 1.48 bits per heavy atom. The van der Waals surface area contributed by atoms with Gasteiger partial charge in [0.2, 0.25) is 0 Å². The van der Waals surface area contributed by atoms with Gasteiger partial charge in [-0.2, -0.15) is 0 Å². The van der Waals surface area contributed by atoms with Crippen LogP contribution in [0.1, 0.15) is 11.1 Å². The molecule has 0 aromatic heterocycles. The molecule has 0 spiro atoms. The van der Waals surface area contributed by atoms with Crippen LogP contribution in [0.3, 0.4) is 0 Å². The number of rotatable bonds is 0. The minimum Gasteiger partial charge on any atom is -0.321 e. The lowest BCUT2D eigenvalue weighted by atomic mass is 9.88. The fourth-order valence-corrected chi connectivity index (χ4v) is 4.47. The molecule has 0 radical (unpaired) electrons. The zero-order valence-corrected chi connectivity index (χ0v) is 14.8. The van der Waals surface area contributed by atoms with Gasteiger partial charge in [0, 0.05) is 11.1 Å². The number of benzene rings is 4. The van der Waals surface area contributed by atoms with Crippen LogP contribution in [0.15, 0.2) is 72.8 Å². The molecule has 0 N–H and O–H groups in total. The van der Waals surface area contributed by atoms with Crippen molar-refractivity contribution in [1.29, 1.82) is 0 Å². The normalized spacial score (nSPS) is 15.6. The molecule has 0 saturated heterocycles. The first-order valence-corrected chi connectivity index (χ1v) is 8.96. The van der Waals surface area contributed by atoms with E-state index in [1.165, 1.54) is 43.8 Å². The molecule has 1 nitrogen and oxygen atoms in total. The van der Waals surface area contributed by atoms with Crippen molar-refractivity contribution < 1.29 is 4.48 Å². The van der Waals surface area contributed by atoms with E-state index in [0.717, 1.165) is 17.6 Å². The van der Waals surface area contributed by atoms with E-state index in [1.54, 1.807) is 0 Å². The predicted molar refractivity (Wildman–Crippen MR) is 106 cm³/mol. The van der Waals surface area contributed by atoms with Crippen LogP contribution >= 0.6 is 0 Å². The van der Waals surface area contributed by atoms with E-state index >= 15 is 0 Å². The van der Waals surface area contributed by atoms with Crippen LogP contribution in [0.4, 0.5) is 0 Å². The van der Waals surface area contributed by atoms with E-state index in [2.05, 4.69) is 86.9 Å². The van der Waals surface area contributed by atoms with Crippen LogP contribution in [0, 0.1) is 0 Å². The molecule has 0 atom stereocenters. The van der Waals surface area contributed by atoms with Crippen LogP contribution in [0.2, 0.25) is 0 Å². The summed E-state index contributed by atoms with van der Waals surface area (Å²) in [7, 11) is 4.67. The van der Waals surface area contributed by atoms with Crippen LogP contribution in [-0.4, -0.2) is 18.6 Å². The monoisotopic (exact) mass is 324 g/mol. The molecule has 0 aliphatic carbocycles. The number of nitrogens with zero attached hydrogens (tertiary/aromatic N) is 1. The van der Waals surface area contributed by atoms with E-state index < -0.39 is 0 Å². The van der Waals surface area contributed by atoms with Crippen LogP contribution < -0.4 is 0 Å². The maximum atomic E-state index is 2.34. The quantitative estimate of drug-likeness (QED) is 0.361. The van der Waals surface area contributed by atoms with Gasteiger partial charge in [-0.05, 0) is 32.7 Å². The van der Waals surface area contributed by atoms with Crippen LogP contribution in [-0.2, 0) is 13.1 Å². The standard InChI is InChI=1S/C24H22N/c1-25(2)15-19-13-11-17-7-3-5-9-21(17)23(19)24-20(16-25)14-12-18-8-4-6-10-22(18)24/h3-14H,15-16H2,1-2H3/q+1. The van der Waals surface area contributed by atoms with E-state index in [-0.39, 0.29) is 0 Å². The highest BCUT2D eigenvalue weighted by Gasteiger charge is 2.28. The smallest absolute Gasteiger partial charge is 0.105 e. The molecule has 0 unspecified atom stereocenters. The fraction of sp³-hybridized carbons (Fsp3) is 0.167. The predicted octanol–water partition coefficient (Wildman–Crippen LogP) is 5.75. The van der Waals surface area contributed by atoms with Crippen molar-refractivity contribution in [1.82, 2.24) is 0 Å². The van der Waals surface area contributed by atoms with Gasteiger partial charge in [-0.15, -0.1) is 0 Å². The fourth-order valence-electron chi connectivity index (χ4n) is 4.47. The zero-order valence-electron chi connectivity index (χ0n) is 14.8.